The average Bonchev–Trinajstić information content (AvgIpc) is 2.66. The van der Waals surface area contributed by atoms with E-state index >= 15 is 0 Å². The molecule has 1 aromatic heterocycles. The summed E-state index contributed by atoms with van der Waals surface area (Å²) in [6, 6.07) is 2.50. The lowest BCUT2D eigenvalue weighted by Crippen LogP contribution is -2.30. The molecule has 3 heteroatoms. The quantitative estimate of drug-likeness (QED) is 0.760. The maximum absolute atomic E-state index is 4.74. The van der Waals surface area contributed by atoms with Crippen molar-refractivity contribution in [3.8, 4) is 0 Å². The Hall–Kier alpha value is -1.09. The number of fused-ring (bicyclic) bond motifs is 1. The highest BCUT2D eigenvalue weighted by Gasteiger charge is 2.26. The molecule has 2 nitrogen and oxygen atoms in total. The van der Waals surface area contributed by atoms with Gasteiger partial charge in [-0.1, -0.05) is 20.4 Å². The predicted molar refractivity (Wildman–Crippen MR) is 71.7 cm³/mol. The first-order valence-corrected chi connectivity index (χ1v) is 6.55. The van der Waals surface area contributed by atoms with E-state index in [1.165, 1.54) is 16.2 Å². The van der Waals surface area contributed by atoms with Gasteiger partial charge in [0.15, 0.2) is 0 Å². The third-order valence-electron chi connectivity index (χ3n) is 2.74. The second-order valence-corrected chi connectivity index (χ2v) is 5.60. The van der Waals surface area contributed by atoms with Gasteiger partial charge < -0.3 is 0 Å². The van der Waals surface area contributed by atoms with Crippen molar-refractivity contribution in [2.45, 2.75) is 33.7 Å². The summed E-state index contributed by atoms with van der Waals surface area (Å²) >= 11 is 1.76. The van der Waals surface area contributed by atoms with Crippen molar-refractivity contribution < 1.29 is 0 Å². The fraction of sp³-hybridized carbons (Fsp3) is 0.462. The molecule has 0 atom stereocenters. The smallest absolute Gasteiger partial charge is 0.0813 e. The molecule has 1 aliphatic rings. The first-order valence-electron chi connectivity index (χ1n) is 5.67. The Morgan fingerprint density at radius 1 is 1.31 bits per heavy atom. The summed E-state index contributed by atoms with van der Waals surface area (Å²) in [7, 11) is 0. The number of hydrogen-bond donors (Lipinski definition) is 0. The number of rotatable bonds is 2. The number of hydrogen-bond acceptors (Lipinski definition) is 3. The molecule has 1 aliphatic heterocycles. The first kappa shape index (κ1) is 11.4. The number of nitrogens with zero attached hydrogens (tertiary/aromatic N) is 2. The summed E-state index contributed by atoms with van der Waals surface area (Å²) in [5, 5.41) is 8.89. The van der Waals surface area contributed by atoms with Crippen LogP contribution in [-0.4, -0.2) is 16.8 Å². The molecule has 0 amide bonds. The van der Waals surface area contributed by atoms with Crippen LogP contribution in [0.3, 0.4) is 0 Å². The molecule has 86 valence electrons. The molecule has 0 unspecified atom stereocenters. The molecule has 1 aromatic rings. The maximum Gasteiger partial charge on any atom is 0.0813 e. The lowest BCUT2D eigenvalue weighted by Gasteiger charge is -2.31. The van der Waals surface area contributed by atoms with Crippen LogP contribution in [-0.2, 0) is 0 Å². The second-order valence-electron chi connectivity index (χ2n) is 4.69. The number of hydrazone groups is 1. The van der Waals surface area contributed by atoms with Crippen molar-refractivity contribution >= 4 is 22.7 Å². The molecule has 16 heavy (non-hydrogen) atoms. The van der Waals surface area contributed by atoms with E-state index in [0.29, 0.717) is 12.0 Å². The van der Waals surface area contributed by atoms with Gasteiger partial charge in [0.1, 0.15) is 0 Å². The minimum absolute atomic E-state index is 0.356. The van der Waals surface area contributed by atoms with Crippen LogP contribution in [0.15, 0.2) is 23.1 Å². The molecule has 0 radical (unpaired) electrons. The van der Waals surface area contributed by atoms with E-state index in [4.69, 9.17) is 5.10 Å². The van der Waals surface area contributed by atoms with Gasteiger partial charge in [0.2, 0.25) is 0 Å². The van der Waals surface area contributed by atoms with Gasteiger partial charge in [0.05, 0.1) is 16.3 Å². The van der Waals surface area contributed by atoms with E-state index in [0.717, 1.165) is 5.70 Å². The molecule has 0 aliphatic carbocycles. The van der Waals surface area contributed by atoms with Crippen LogP contribution < -0.4 is 0 Å². The van der Waals surface area contributed by atoms with Gasteiger partial charge in [-0.3, -0.25) is 5.01 Å². The zero-order valence-electron chi connectivity index (χ0n) is 10.3. The zero-order valence-corrected chi connectivity index (χ0v) is 11.1. The Kier molecular flexibility index (Phi) is 2.89. The van der Waals surface area contributed by atoms with Crippen LogP contribution in [0.25, 0.3) is 5.70 Å². The summed E-state index contributed by atoms with van der Waals surface area (Å²) < 4.78 is 0. The highest BCUT2D eigenvalue weighted by atomic mass is 32.1. The first-order chi connectivity index (χ1) is 7.52. The van der Waals surface area contributed by atoms with Gasteiger partial charge in [0, 0.05) is 11.6 Å². The summed E-state index contributed by atoms with van der Waals surface area (Å²) in [6.45, 7) is 12.8. The molecule has 0 saturated heterocycles. The van der Waals surface area contributed by atoms with E-state index in [1.54, 1.807) is 11.3 Å². The fourth-order valence-corrected chi connectivity index (χ4v) is 2.94. The Bertz CT molecular complexity index is 441. The molecule has 0 N–H and O–H groups in total. The van der Waals surface area contributed by atoms with Crippen molar-refractivity contribution in [3.05, 3.63) is 28.5 Å². The molecule has 2 heterocycles. The third kappa shape index (κ3) is 1.69. The summed E-state index contributed by atoms with van der Waals surface area (Å²) in [4.78, 5) is 1.29. The van der Waals surface area contributed by atoms with Crippen molar-refractivity contribution in [2.24, 2.45) is 11.0 Å². The van der Waals surface area contributed by atoms with Crippen LogP contribution >= 0.6 is 11.3 Å². The molecule has 0 aromatic carbocycles. The second kappa shape index (κ2) is 4.06. The molecule has 0 bridgehead atoms. The topological polar surface area (TPSA) is 15.6 Å². The monoisotopic (exact) mass is 234 g/mol. The lowest BCUT2D eigenvalue weighted by molar-refractivity contribution is 0.344. The largest absolute Gasteiger partial charge is 0.263 e. The SMILES string of the molecule is C=C1c2ccsc2C(C(C)C)=NN1C(C)C. The van der Waals surface area contributed by atoms with Gasteiger partial charge in [-0.25, -0.2) is 0 Å². The number of thiophene rings is 1. The average molecular weight is 234 g/mol. The lowest BCUT2D eigenvalue weighted by atomic mass is 10.0. The van der Waals surface area contributed by atoms with Crippen LogP contribution in [0.2, 0.25) is 0 Å². The third-order valence-corrected chi connectivity index (χ3v) is 3.67. The summed E-state index contributed by atoms with van der Waals surface area (Å²) in [5.41, 5.74) is 3.46. The molecule has 0 fully saturated rings. The van der Waals surface area contributed by atoms with E-state index in [-0.39, 0.29) is 0 Å². The zero-order chi connectivity index (χ0) is 11.9. The van der Waals surface area contributed by atoms with E-state index < -0.39 is 0 Å². The minimum atomic E-state index is 0.356. The molecule has 2 rings (SSSR count). The van der Waals surface area contributed by atoms with E-state index in [9.17, 15) is 0 Å². The van der Waals surface area contributed by atoms with Crippen LogP contribution in [0, 0.1) is 5.92 Å². The fourth-order valence-electron chi connectivity index (χ4n) is 1.88. The molecular formula is C13H18N2S. The van der Waals surface area contributed by atoms with Gasteiger partial charge in [-0.15, -0.1) is 11.3 Å². The van der Waals surface area contributed by atoms with Crippen molar-refractivity contribution in [1.29, 1.82) is 0 Å². The highest BCUT2D eigenvalue weighted by molar-refractivity contribution is 7.12. The predicted octanol–water partition coefficient (Wildman–Crippen LogP) is 3.80. The van der Waals surface area contributed by atoms with Crippen LogP contribution in [0.5, 0.6) is 0 Å². The van der Waals surface area contributed by atoms with Crippen LogP contribution in [0.1, 0.15) is 38.1 Å². The van der Waals surface area contributed by atoms with E-state index in [1.807, 2.05) is 5.01 Å². The standard InChI is InChI=1S/C13H18N2S/c1-8(2)12-13-11(6-7-16-13)10(5)15(14-12)9(3)4/h6-9H,5H2,1-4H3. The van der Waals surface area contributed by atoms with Crippen molar-refractivity contribution in [2.75, 3.05) is 0 Å². The van der Waals surface area contributed by atoms with Crippen molar-refractivity contribution in [3.63, 3.8) is 0 Å². The van der Waals surface area contributed by atoms with Crippen LogP contribution in [0.4, 0.5) is 0 Å². The van der Waals surface area contributed by atoms with E-state index in [2.05, 4.69) is 45.7 Å². The molecule has 0 saturated carbocycles. The van der Waals surface area contributed by atoms with Gasteiger partial charge in [-0.05, 0) is 31.2 Å². The Morgan fingerprint density at radius 3 is 2.56 bits per heavy atom. The van der Waals surface area contributed by atoms with Gasteiger partial charge in [-0.2, -0.15) is 5.10 Å². The Labute approximate surface area is 101 Å². The highest BCUT2D eigenvalue weighted by Crippen LogP contribution is 2.34. The maximum atomic E-state index is 4.74. The Morgan fingerprint density at radius 2 is 2.00 bits per heavy atom. The minimum Gasteiger partial charge on any atom is -0.263 e. The van der Waals surface area contributed by atoms with Crippen molar-refractivity contribution in [1.82, 2.24) is 5.01 Å². The summed E-state index contributed by atoms with van der Waals surface area (Å²) in [6.07, 6.45) is 0. The normalized spacial score (nSPS) is 15.8. The molecular weight excluding hydrogens is 216 g/mol. The molecule has 0 spiro atoms. The summed E-state index contributed by atoms with van der Waals surface area (Å²) in [5.74, 6) is 0.451. The van der Waals surface area contributed by atoms with Gasteiger partial charge >= 0.3 is 0 Å². The van der Waals surface area contributed by atoms with Gasteiger partial charge in [0.25, 0.3) is 0 Å². The Balaban J connectivity index is 2.53.